The Hall–Kier alpha value is -7.65. The van der Waals surface area contributed by atoms with Gasteiger partial charge in [0.2, 0.25) is 41.7 Å². The van der Waals surface area contributed by atoms with E-state index in [1.54, 1.807) is 37.3 Å². The van der Waals surface area contributed by atoms with E-state index < -0.39 is 245 Å². The van der Waals surface area contributed by atoms with Gasteiger partial charge in [0.15, 0.2) is 30.7 Å². The molecule has 9 rings (SSSR count). The van der Waals surface area contributed by atoms with Crippen molar-refractivity contribution in [3.8, 4) is 5.75 Å². The van der Waals surface area contributed by atoms with E-state index in [9.17, 15) is 85.3 Å². The van der Waals surface area contributed by atoms with Crippen molar-refractivity contribution in [2.45, 2.75) is 205 Å². The number of hydrogen-bond acceptors (Lipinski definition) is 29. The first-order valence-electron chi connectivity index (χ1n) is 33.0. The van der Waals surface area contributed by atoms with Crippen LogP contribution in [0.15, 0.2) is 54.6 Å². The number of aliphatic hydroxyl groups is 12. The van der Waals surface area contributed by atoms with Crippen molar-refractivity contribution in [1.82, 2.24) is 52.8 Å². The zero-order valence-electron chi connectivity index (χ0n) is 54.8. The lowest BCUT2D eigenvalue weighted by atomic mass is 9.92. The van der Waals surface area contributed by atoms with E-state index in [1.165, 1.54) is 24.3 Å². The number of ether oxygens (including phenoxy) is 8. The number of amides is 6. The maximum absolute atomic E-state index is 15.2. The van der Waals surface area contributed by atoms with Gasteiger partial charge in [-0.15, -0.1) is 0 Å². The van der Waals surface area contributed by atoms with Crippen LogP contribution < -0.4 is 52.6 Å². The second-order valence-corrected chi connectivity index (χ2v) is 25.4. The highest BCUT2D eigenvalue weighted by Gasteiger charge is 2.55. The number of benzene rings is 2. The molecule has 39 nitrogen and oxygen atoms in total. The zero-order valence-corrected chi connectivity index (χ0v) is 54.8. The van der Waals surface area contributed by atoms with Crippen molar-refractivity contribution in [1.29, 1.82) is 10.8 Å². The topological polar surface area (TPSA) is 595 Å². The molecule has 23 N–H and O–H groups in total. The number of fused-ring (bicyclic) bond motifs is 1. The predicted octanol–water partition coefficient (Wildman–Crippen LogP) is -10.7. The number of hydrogen-bond donors (Lipinski definition) is 23. The van der Waals surface area contributed by atoms with Gasteiger partial charge in [-0.3, -0.25) is 44.4 Å². The fourth-order valence-electron chi connectivity index (χ4n) is 12.6. The van der Waals surface area contributed by atoms with E-state index in [2.05, 4.69) is 47.9 Å². The molecule has 2 aromatic rings. The molecule has 6 amide bonds. The molecule has 0 spiro atoms. The van der Waals surface area contributed by atoms with Crippen molar-refractivity contribution in [2.75, 3.05) is 52.7 Å². The molecule has 560 valence electrons. The van der Waals surface area contributed by atoms with E-state index in [0.29, 0.717) is 12.0 Å². The van der Waals surface area contributed by atoms with Gasteiger partial charge < -0.3 is 152 Å². The number of esters is 1. The van der Waals surface area contributed by atoms with Crippen LogP contribution in [0.2, 0.25) is 0 Å². The molecular formula is C62H90N12O27. The molecule has 26 atom stereocenters. The Bertz CT molecular complexity index is 3190. The van der Waals surface area contributed by atoms with E-state index in [1.807, 2.05) is 6.92 Å². The van der Waals surface area contributed by atoms with E-state index in [0.717, 1.165) is 11.3 Å². The molecule has 39 heteroatoms. The fourth-order valence-corrected chi connectivity index (χ4v) is 12.6. The van der Waals surface area contributed by atoms with Crippen LogP contribution in [0, 0.1) is 10.8 Å². The first-order valence-corrected chi connectivity index (χ1v) is 33.0. The van der Waals surface area contributed by atoms with Gasteiger partial charge in [0, 0.05) is 31.8 Å². The Kier molecular flexibility index (Phi) is 26.9. The summed E-state index contributed by atoms with van der Waals surface area (Å²) in [6.45, 7) is -1.02. The minimum Gasteiger partial charge on any atom is -0.466 e. The highest BCUT2D eigenvalue weighted by Crippen LogP contribution is 2.35. The molecule has 7 aliphatic rings. The second kappa shape index (κ2) is 35.0. The van der Waals surface area contributed by atoms with Gasteiger partial charge in [-0.1, -0.05) is 62.7 Å². The minimum atomic E-state index is -2.36. The van der Waals surface area contributed by atoms with Crippen molar-refractivity contribution >= 4 is 53.3 Å². The van der Waals surface area contributed by atoms with Crippen LogP contribution in [0.4, 0.5) is 0 Å². The van der Waals surface area contributed by atoms with Crippen LogP contribution in [-0.2, 0) is 73.1 Å². The Labute approximate surface area is 576 Å². The lowest BCUT2D eigenvalue weighted by molar-refractivity contribution is -0.381. The summed E-state index contributed by atoms with van der Waals surface area (Å²) in [6, 6.07) is 0.799. The minimum absolute atomic E-state index is 0.0474. The molecular weight excluding hydrogens is 1340 g/mol. The first kappa shape index (κ1) is 77.5. The Balaban J connectivity index is 0.961. The van der Waals surface area contributed by atoms with E-state index in [4.69, 9.17) is 48.7 Å². The Morgan fingerprint density at radius 1 is 0.644 bits per heavy atom. The van der Waals surface area contributed by atoms with Gasteiger partial charge in [-0.25, -0.2) is 0 Å². The molecule has 0 aromatic heterocycles. The number of guanidine groups is 2. The summed E-state index contributed by atoms with van der Waals surface area (Å²) in [6.07, 6.45) is -29.7. The monoisotopic (exact) mass is 1430 g/mol. The Morgan fingerprint density at radius 2 is 1.31 bits per heavy atom. The molecule has 7 heterocycles. The van der Waals surface area contributed by atoms with Crippen LogP contribution >= 0.6 is 0 Å². The number of carbonyl (C=O) groups is 7. The number of carbonyl (C=O) groups excluding carboxylic acids is 7. The van der Waals surface area contributed by atoms with Gasteiger partial charge in [0.1, 0.15) is 121 Å². The van der Waals surface area contributed by atoms with Gasteiger partial charge >= 0.3 is 5.97 Å². The maximum Gasteiger partial charge on any atom is 0.305 e. The third-order valence-corrected chi connectivity index (χ3v) is 18.5. The number of aliphatic hydroxyl groups excluding tert-OH is 12. The summed E-state index contributed by atoms with van der Waals surface area (Å²) in [4.78, 5) is 100. The number of unbranched alkanes of at least 4 members (excludes halogenated alkanes) is 1. The average Bonchev–Trinajstić information content (AvgIpc) is 1.76. The quantitative estimate of drug-likeness (QED) is 0.0384. The largest absolute Gasteiger partial charge is 0.466 e. The molecule has 7 saturated heterocycles. The SMILES string of the molecule is CCCCOC(=O)CCC1OCC2OC(OC3C(CO)OC(Oc4ccc(CC5NC(=O)C(C(C)c6ccccc6)NC(=O)CNC(=O)C(CO)NC(=O)C(C(O)C6CNC(=N)N6C6OC(CO)C(O)C(O)C6O)NC(=O)C(C(O)C6CNC(=N)N6)NC5=O)cc4)C(O)C3O)C(O)C(O)C2O1. The van der Waals surface area contributed by atoms with Gasteiger partial charge in [-0.2, -0.15) is 0 Å². The van der Waals surface area contributed by atoms with Crippen molar-refractivity contribution in [3.05, 3.63) is 65.7 Å². The molecule has 0 saturated carbocycles. The van der Waals surface area contributed by atoms with Crippen LogP contribution in [0.25, 0.3) is 0 Å². The molecule has 0 bridgehead atoms. The second-order valence-electron chi connectivity index (χ2n) is 25.4. The lowest BCUT2D eigenvalue weighted by Gasteiger charge is -2.48. The fraction of sp³-hybridized carbons (Fsp3) is 0.661. The average molecular weight is 1440 g/mol. The van der Waals surface area contributed by atoms with E-state index >= 15 is 9.59 Å². The van der Waals surface area contributed by atoms with Crippen molar-refractivity contribution in [2.24, 2.45) is 0 Å². The van der Waals surface area contributed by atoms with E-state index in [-0.39, 0.29) is 49.9 Å². The summed E-state index contributed by atoms with van der Waals surface area (Å²) in [5, 5.41) is 172. The molecule has 7 aliphatic heterocycles. The third-order valence-electron chi connectivity index (χ3n) is 18.5. The normalized spacial score (nSPS) is 36.3. The highest BCUT2D eigenvalue weighted by atomic mass is 16.8. The summed E-state index contributed by atoms with van der Waals surface area (Å²) >= 11 is 0. The number of rotatable bonds is 22. The summed E-state index contributed by atoms with van der Waals surface area (Å²) in [7, 11) is 0. The first-order chi connectivity index (χ1) is 48.2. The summed E-state index contributed by atoms with van der Waals surface area (Å²) in [5.41, 5.74) is 0.710. The standard InChI is InChI=1S/C62H90N12O27/c1-3-4-16-94-37(79)14-15-38-95-24-35-52(100-38)47(85)50(88)60(99-35)101-51-34(23-77)98-59(49(87)46(51)84)96-28-12-10-26(11-13-28)17-29-54(90)72-40(42(80)30-18-66-61(63)70-30)57(93)73-41(43(81)32-19-67-62(64)74(32)58-48(86)45(83)44(82)33(22-76)97-58)56(92)69-31(21-75)53(89)65-20-36(78)71-39(55(91)68-29)25(2)27-8-6-5-7-9-27/h5-13,25,29-35,38-52,58-60,75-77,80-88H,3-4,14-24H2,1-2H3,(H2,64,67)(H,65,89)(H,68,91)(H,69,92)(H,71,78)(H,72,90)(H,73,93)(H3,63,66,70). The third kappa shape index (κ3) is 18.4. The smallest absolute Gasteiger partial charge is 0.305 e. The highest BCUT2D eigenvalue weighted by molar-refractivity contribution is 5.98. The van der Waals surface area contributed by atoms with Crippen LogP contribution in [0.3, 0.4) is 0 Å². The van der Waals surface area contributed by atoms with Gasteiger partial charge in [-0.05, 0) is 29.7 Å². The summed E-state index contributed by atoms with van der Waals surface area (Å²) in [5.74, 6) is -9.75. The van der Waals surface area contributed by atoms with Gasteiger partial charge in [0.25, 0.3) is 0 Å². The van der Waals surface area contributed by atoms with Crippen molar-refractivity contribution < 1.29 is 133 Å². The van der Waals surface area contributed by atoms with Crippen molar-refractivity contribution in [3.63, 3.8) is 0 Å². The van der Waals surface area contributed by atoms with Crippen LogP contribution in [0.1, 0.15) is 56.6 Å². The lowest BCUT2D eigenvalue weighted by Crippen LogP contribution is -2.69. The zero-order chi connectivity index (χ0) is 73.1. The van der Waals surface area contributed by atoms with Crippen LogP contribution in [0.5, 0.6) is 5.75 Å². The van der Waals surface area contributed by atoms with Gasteiger partial charge in [0.05, 0.1) is 58.1 Å². The summed E-state index contributed by atoms with van der Waals surface area (Å²) < 4.78 is 46.0. The Morgan fingerprint density at radius 3 is 1.98 bits per heavy atom. The maximum atomic E-state index is 15.2. The number of nitrogens with one attached hydrogen (secondary N) is 11. The molecule has 0 aliphatic carbocycles. The molecule has 101 heavy (non-hydrogen) atoms. The molecule has 7 fully saturated rings. The molecule has 2 aromatic carbocycles. The molecule has 26 unspecified atom stereocenters. The molecule has 0 radical (unpaired) electrons. The number of nitrogens with zero attached hydrogens (tertiary/aromatic N) is 1. The predicted molar refractivity (Wildman–Crippen MR) is 338 cm³/mol. The van der Waals surface area contributed by atoms with Crippen LogP contribution in [-0.4, -0.2) is 325 Å².